The minimum Gasteiger partial charge on any atom is -0.352 e. The maximum absolute atomic E-state index is 12.6. The van der Waals surface area contributed by atoms with Crippen LogP contribution in [0.3, 0.4) is 0 Å². The summed E-state index contributed by atoms with van der Waals surface area (Å²) >= 11 is 0. The molecule has 6 heteroatoms. The van der Waals surface area contributed by atoms with Gasteiger partial charge in [0.25, 0.3) is 0 Å². The van der Waals surface area contributed by atoms with Gasteiger partial charge in [-0.15, -0.1) is 0 Å². The molecule has 19 heavy (non-hydrogen) atoms. The summed E-state index contributed by atoms with van der Waals surface area (Å²) in [4.78, 5) is 0.358. The molecule has 2 N–H and O–H groups in total. The van der Waals surface area contributed by atoms with Crippen molar-refractivity contribution in [2.45, 2.75) is 31.7 Å². The Balaban J connectivity index is 2.30. The zero-order valence-corrected chi connectivity index (χ0v) is 12.7. The van der Waals surface area contributed by atoms with Crippen LogP contribution in [0.4, 0.5) is 0 Å². The summed E-state index contributed by atoms with van der Waals surface area (Å²) < 4.78 is 28.7. The van der Waals surface area contributed by atoms with Crippen LogP contribution in [0.15, 0.2) is 17.2 Å². The summed E-state index contributed by atoms with van der Waals surface area (Å²) in [5.41, 5.74) is 6.43. The van der Waals surface area contributed by atoms with E-state index in [4.69, 9.17) is 5.73 Å². The van der Waals surface area contributed by atoms with Crippen LogP contribution in [-0.2, 0) is 23.6 Å². The Hall–Kier alpha value is -0.850. The first-order valence-electron chi connectivity index (χ1n) is 6.70. The quantitative estimate of drug-likeness (QED) is 0.906. The van der Waals surface area contributed by atoms with Crippen molar-refractivity contribution < 1.29 is 8.42 Å². The van der Waals surface area contributed by atoms with Crippen molar-refractivity contribution in [2.75, 3.05) is 13.1 Å². The molecule has 0 aromatic carbocycles. The molecular formula is C13H23N3O2S. The number of hydrogen-bond acceptors (Lipinski definition) is 3. The predicted molar refractivity (Wildman–Crippen MR) is 75.0 cm³/mol. The van der Waals surface area contributed by atoms with E-state index >= 15 is 0 Å². The first-order valence-corrected chi connectivity index (χ1v) is 8.14. The van der Waals surface area contributed by atoms with Crippen LogP contribution in [0.1, 0.15) is 26.0 Å². The van der Waals surface area contributed by atoms with Crippen molar-refractivity contribution in [1.82, 2.24) is 8.87 Å². The number of piperidine rings is 1. The van der Waals surface area contributed by atoms with Crippen LogP contribution in [0.25, 0.3) is 0 Å². The highest BCUT2D eigenvalue weighted by Crippen LogP contribution is 2.27. The summed E-state index contributed by atoms with van der Waals surface area (Å²) in [5, 5.41) is 0. The van der Waals surface area contributed by atoms with Crippen molar-refractivity contribution in [3.05, 3.63) is 18.0 Å². The van der Waals surface area contributed by atoms with Crippen molar-refractivity contribution in [2.24, 2.45) is 24.6 Å². The molecule has 2 unspecified atom stereocenters. The molecule has 1 aromatic heterocycles. The van der Waals surface area contributed by atoms with Crippen molar-refractivity contribution in [3.63, 3.8) is 0 Å². The number of hydrogen-bond donors (Lipinski definition) is 1. The van der Waals surface area contributed by atoms with E-state index in [0.29, 0.717) is 36.4 Å². The number of nitrogens with two attached hydrogens (primary N) is 1. The van der Waals surface area contributed by atoms with Crippen molar-refractivity contribution >= 4 is 10.0 Å². The number of aryl methyl sites for hydroxylation is 1. The Labute approximate surface area is 115 Å². The summed E-state index contributed by atoms with van der Waals surface area (Å²) in [6, 6.07) is 1.68. The summed E-state index contributed by atoms with van der Waals surface area (Å²) in [6.07, 6.45) is 2.75. The maximum Gasteiger partial charge on any atom is 0.244 e. The lowest BCUT2D eigenvalue weighted by molar-refractivity contribution is 0.222. The van der Waals surface area contributed by atoms with Gasteiger partial charge in [0, 0.05) is 38.6 Å². The summed E-state index contributed by atoms with van der Waals surface area (Å²) in [6.45, 7) is 5.78. The van der Waals surface area contributed by atoms with Gasteiger partial charge in [0.1, 0.15) is 4.90 Å². The number of sulfonamides is 1. The molecule has 1 aliphatic heterocycles. The van der Waals surface area contributed by atoms with Gasteiger partial charge in [-0.1, -0.05) is 13.8 Å². The Morgan fingerprint density at radius 3 is 2.37 bits per heavy atom. The first-order chi connectivity index (χ1) is 8.84. The van der Waals surface area contributed by atoms with Crippen LogP contribution in [0, 0.1) is 11.8 Å². The van der Waals surface area contributed by atoms with Gasteiger partial charge in [-0.2, -0.15) is 4.31 Å². The van der Waals surface area contributed by atoms with E-state index in [2.05, 4.69) is 13.8 Å². The van der Waals surface area contributed by atoms with Crippen LogP contribution < -0.4 is 5.73 Å². The van der Waals surface area contributed by atoms with E-state index in [1.54, 1.807) is 21.1 Å². The molecule has 1 aliphatic rings. The standard InChI is InChI=1S/C13H23N3O2S/c1-10-4-11(2)8-16(7-10)19(17,18)13-5-12(6-14)15(3)9-13/h5,9-11H,4,6-8,14H2,1-3H3. The Morgan fingerprint density at radius 2 is 1.89 bits per heavy atom. The van der Waals surface area contributed by atoms with E-state index in [-0.39, 0.29) is 0 Å². The fourth-order valence-electron chi connectivity index (χ4n) is 2.87. The molecule has 1 aromatic rings. The molecule has 0 spiro atoms. The third kappa shape index (κ3) is 2.85. The molecule has 1 fully saturated rings. The fraction of sp³-hybridized carbons (Fsp3) is 0.692. The molecule has 2 rings (SSSR count). The van der Waals surface area contributed by atoms with Gasteiger partial charge in [0.2, 0.25) is 10.0 Å². The second-order valence-corrected chi connectivity index (χ2v) is 7.69. The van der Waals surface area contributed by atoms with Crippen LogP contribution in [0.2, 0.25) is 0 Å². The van der Waals surface area contributed by atoms with E-state index in [1.165, 1.54) is 0 Å². The lowest BCUT2D eigenvalue weighted by Crippen LogP contribution is -2.42. The van der Waals surface area contributed by atoms with Gasteiger partial charge >= 0.3 is 0 Å². The molecule has 0 bridgehead atoms. The minimum atomic E-state index is -3.38. The third-order valence-corrected chi connectivity index (χ3v) is 5.56. The lowest BCUT2D eigenvalue weighted by Gasteiger charge is -2.33. The largest absolute Gasteiger partial charge is 0.352 e. The molecular weight excluding hydrogens is 262 g/mol. The third-order valence-electron chi connectivity index (χ3n) is 3.77. The Kier molecular flexibility index (Phi) is 4.03. The average Bonchev–Trinajstić information content (AvgIpc) is 2.70. The molecule has 0 radical (unpaired) electrons. The van der Waals surface area contributed by atoms with E-state index < -0.39 is 10.0 Å². The Morgan fingerprint density at radius 1 is 1.32 bits per heavy atom. The van der Waals surface area contributed by atoms with Gasteiger partial charge in [0.15, 0.2) is 0 Å². The van der Waals surface area contributed by atoms with Gasteiger partial charge in [-0.3, -0.25) is 0 Å². The lowest BCUT2D eigenvalue weighted by atomic mass is 9.94. The summed E-state index contributed by atoms with van der Waals surface area (Å²) in [7, 11) is -1.56. The van der Waals surface area contributed by atoms with Gasteiger partial charge in [0.05, 0.1) is 0 Å². The van der Waals surface area contributed by atoms with Gasteiger partial charge in [-0.05, 0) is 24.3 Å². The minimum absolute atomic E-state index is 0.346. The highest BCUT2D eigenvalue weighted by molar-refractivity contribution is 7.89. The van der Waals surface area contributed by atoms with E-state index in [9.17, 15) is 8.42 Å². The summed E-state index contributed by atoms with van der Waals surface area (Å²) in [5.74, 6) is 0.826. The van der Waals surface area contributed by atoms with Crippen LogP contribution in [0.5, 0.6) is 0 Å². The monoisotopic (exact) mass is 285 g/mol. The molecule has 2 heterocycles. The SMILES string of the molecule is CC1CC(C)CN(S(=O)(=O)c2cc(CN)n(C)c2)C1. The molecule has 0 aliphatic carbocycles. The van der Waals surface area contributed by atoms with Crippen molar-refractivity contribution in [1.29, 1.82) is 0 Å². The van der Waals surface area contributed by atoms with Gasteiger partial charge in [-0.25, -0.2) is 8.42 Å². The number of nitrogens with zero attached hydrogens (tertiary/aromatic N) is 2. The normalized spacial score (nSPS) is 25.7. The predicted octanol–water partition coefficient (Wildman–Crippen LogP) is 1.15. The molecule has 1 saturated heterocycles. The second kappa shape index (κ2) is 5.26. The van der Waals surface area contributed by atoms with Gasteiger partial charge < -0.3 is 10.3 Å². The fourth-order valence-corrected chi connectivity index (χ4v) is 4.65. The number of aromatic nitrogens is 1. The Bertz CT molecular complexity index is 540. The van der Waals surface area contributed by atoms with E-state index in [1.807, 2.05) is 7.05 Å². The zero-order chi connectivity index (χ0) is 14.2. The highest BCUT2D eigenvalue weighted by atomic mass is 32.2. The average molecular weight is 285 g/mol. The molecule has 108 valence electrons. The molecule has 0 saturated carbocycles. The molecule has 5 nitrogen and oxygen atoms in total. The van der Waals surface area contributed by atoms with Crippen molar-refractivity contribution in [3.8, 4) is 0 Å². The van der Waals surface area contributed by atoms with Crippen LogP contribution in [-0.4, -0.2) is 30.4 Å². The maximum atomic E-state index is 12.6. The zero-order valence-electron chi connectivity index (χ0n) is 11.8. The number of rotatable bonds is 3. The first kappa shape index (κ1) is 14.6. The molecule has 0 amide bonds. The highest BCUT2D eigenvalue weighted by Gasteiger charge is 2.32. The van der Waals surface area contributed by atoms with E-state index in [0.717, 1.165) is 12.1 Å². The van der Waals surface area contributed by atoms with Crippen LogP contribution >= 0.6 is 0 Å². The second-order valence-electron chi connectivity index (χ2n) is 5.75. The topological polar surface area (TPSA) is 68.3 Å². The molecule has 2 atom stereocenters. The smallest absolute Gasteiger partial charge is 0.244 e.